The van der Waals surface area contributed by atoms with E-state index in [9.17, 15) is 4.79 Å². The molecule has 1 unspecified atom stereocenters. The molecule has 0 aromatic carbocycles. The molecule has 0 radical (unpaired) electrons. The van der Waals surface area contributed by atoms with E-state index in [0.29, 0.717) is 0 Å². The van der Waals surface area contributed by atoms with Crippen molar-refractivity contribution < 1.29 is 4.79 Å². The van der Waals surface area contributed by atoms with Gasteiger partial charge in [-0.2, -0.15) is 0 Å². The number of nitrogens with one attached hydrogen (secondary N) is 1. The molecule has 0 saturated carbocycles. The Balaban J connectivity index is 0.00000196. The molecule has 1 aliphatic carbocycles. The topological polar surface area (TPSA) is 55.1 Å². The van der Waals surface area contributed by atoms with E-state index >= 15 is 0 Å². The van der Waals surface area contributed by atoms with Gasteiger partial charge in [-0.25, -0.2) is 0 Å². The van der Waals surface area contributed by atoms with Crippen LogP contribution in [0.2, 0.25) is 0 Å². The molecular formula is C11H19ClN2O. The van der Waals surface area contributed by atoms with Crippen molar-refractivity contribution >= 4 is 18.3 Å². The predicted octanol–water partition coefficient (Wildman–Crippen LogP) is 1.89. The van der Waals surface area contributed by atoms with Crippen LogP contribution in [0.25, 0.3) is 0 Å². The molecule has 0 fully saturated rings. The molecule has 86 valence electrons. The Morgan fingerprint density at radius 2 is 2.33 bits per heavy atom. The third-order valence-electron chi connectivity index (χ3n) is 2.37. The van der Waals surface area contributed by atoms with Crippen LogP contribution in [-0.4, -0.2) is 11.4 Å². The van der Waals surface area contributed by atoms with Gasteiger partial charge >= 0.3 is 0 Å². The van der Waals surface area contributed by atoms with E-state index in [2.05, 4.69) is 12.2 Å². The van der Waals surface area contributed by atoms with E-state index in [1.54, 1.807) is 6.92 Å². The number of nitrogens with two attached hydrogens (primary N) is 1. The summed E-state index contributed by atoms with van der Waals surface area (Å²) in [6.45, 7) is 3.64. The zero-order chi connectivity index (χ0) is 10.6. The minimum absolute atomic E-state index is 0. The number of carbonyl (C=O) groups is 1. The highest BCUT2D eigenvalue weighted by Gasteiger charge is 2.28. The largest absolute Gasteiger partial charge is 0.402 e. The smallest absolute Gasteiger partial charge is 0.217 e. The third-order valence-corrected chi connectivity index (χ3v) is 2.37. The Bertz CT molecular complexity index is 282. The molecule has 1 atom stereocenters. The Labute approximate surface area is 97.2 Å². The van der Waals surface area contributed by atoms with Crippen molar-refractivity contribution in [3.05, 3.63) is 23.9 Å². The van der Waals surface area contributed by atoms with Gasteiger partial charge < -0.3 is 11.1 Å². The van der Waals surface area contributed by atoms with Crippen LogP contribution in [0.4, 0.5) is 0 Å². The Kier molecular flexibility index (Phi) is 5.44. The van der Waals surface area contributed by atoms with Gasteiger partial charge in [0.25, 0.3) is 0 Å². The summed E-state index contributed by atoms with van der Waals surface area (Å²) < 4.78 is 0. The van der Waals surface area contributed by atoms with Crippen molar-refractivity contribution in [2.75, 3.05) is 0 Å². The number of hydrogen-bond acceptors (Lipinski definition) is 2. The van der Waals surface area contributed by atoms with E-state index in [1.165, 1.54) is 0 Å². The normalized spacial score (nSPS) is 24.0. The number of allylic oxidation sites excluding steroid dienone is 2. The second-order valence-electron chi connectivity index (χ2n) is 3.86. The number of halogens is 1. The maximum Gasteiger partial charge on any atom is 0.217 e. The molecule has 1 amide bonds. The first-order valence-corrected chi connectivity index (χ1v) is 5.00. The van der Waals surface area contributed by atoms with E-state index in [0.717, 1.165) is 25.0 Å². The van der Waals surface area contributed by atoms with Crippen molar-refractivity contribution in [1.29, 1.82) is 0 Å². The first kappa shape index (κ1) is 14.0. The molecule has 3 N–H and O–H groups in total. The molecule has 3 nitrogen and oxygen atoms in total. The van der Waals surface area contributed by atoms with Crippen LogP contribution in [0.15, 0.2) is 23.9 Å². The molecule has 0 aliphatic heterocycles. The molecule has 0 aromatic heterocycles. The summed E-state index contributed by atoms with van der Waals surface area (Å²) in [7, 11) is 0. The lowest BCUT2D eigenvalue weighted by atomic mass is 9.85. The van der Waals surface area contributed by atoms with Crippen LogP contribution in [0.1, 0.15) is 33.1 Å². The summed E-state index contributed by atoms with van der Waals surface area (Å²) in [5, 5.41) is 2.98. The average molecular weight is 231 g/mol. The molecule has 0 aromatic rings. The average Bonchev–Trinajstić information content (AvgIpc) is 2.02. The minimum atomic E-state index is -0.251. The second kappa shape index (κ2) is 5.81. The first-order valence-electron chi connectivity index (χ1n) is 5.00. The quantitative estimate of drug-likeness (QED) is 0.778. The second-order valence-corrected chi connectivity index (χ2v) is 3.86. The van der Waals surface area contributed by atoms with Gasteiger partial charge in [0.05, 0.1) is 5.54 Å². The van der Waals surface area contributed by atoms with Gasteiger partial charge in [-0.1, -0.05) is 25.5 Å². The van der Waals surface area contributed by atoms with Crippen molar-refractivity contribution in [1.82, 2.24) is 5.32 Å². The number of carbonyl (C=O) groups excluding carboxylic acids is 1. The fourth-order valence-corrected chi connectivity index (χ4v) is 1.95. The lowest BCUT2D eigenvalue weighted by molar-refractivity contribution is -0.120. The maximum absolute atomic E-state index is 11.1. The Morgan fingerprint density at radius 3 is 2.80 bits per heavy atom. The molecule has 0 saturated heterocycles. The molecule has 0 heterocycles. The predicted molar refractivity (Wildman–Crippen MR) is 64.7 cm³/mol. The van der Waals surface area contributed by atoms with Crippen LogP contribution in [0.5, 0.6) is 0 Å². The fraction of sp³-hybridized carbons (Fsp3) is 0.545. The molecular weight excluding hydrogens is 212 g/mol. The van der Waals surface area contributed by atoms with E-state index in [-0.39, 0.29) is 23.9 Å². The lowest BCUT2D eigenvalue weighted by Crippen LogP contribution is -2.47. The Morgan fingerprint density at radius 1 is 1.67 bits per heavy atom. The summed E-state index contributed by atoms with van der Waals surface area (Å²) in [4.78, 5) is 11.1. The van der Waals surface area contributed by atoms with Gasteiger partial charge in [0.15, 0.2) is 0 Å². The third kappa shape index (κ3) is 3.96. The summed E-state index contributed by atoms with van der Waals surface area (Å²) >= 11 is 0. The molecule has 15 heavy (non-hydrogen) atoms. The molecule has 0 spiro atoms. The van der Waals surface area contributed by atoms with Crippen LogP contribution in [0, 0.1) is 0 Å². The molecule has 0 bridgehead atoms. The highest BCUT2D eigenvalue weighted by atomic mass is 35.5. The van der Waals surface area contributed by atoms with E-state index < -0.39 is 0 Å². The van der Waals surface area contributed by atoms with Gasteiger partial charge in [-0.3, -0.25) is 4.79 Å². The fourth-order valence-electron chi connectivity index (χ4n) is 1.95. The van der Waals surface area contributed by atoms with E-state index in [4.69, 9.17) is 5.73 Å². The van der Waals surface area contributed by atoms with Crippen molar-refractivity contribution in [3.8, 4) is 0 Å². The van der Waals surface area contributed by atoms with Gasteiger partial charge in [0.2, 0.25) is 5.91 Å². The summed E-state index contributed by atoms with van der Waals surface area (Å²) in [6.07, 6.45) is 8.51. The number of rotatable bonds is 3. The van der Waals surface area contributed by atoms with Gasteiger partial charge in [0, 0.05) is 19.0 Å². The maximum atomic E-state index is 11.1. The highest BCUT2D eigenvalue weighted by Crippen LogP contribution is 2.25. The summed E-state index contributed by atoms with van der Waals surface area (Å²) in [5.41, 5.74) is 6.35. The van der Waals surface area contributed by atoms with Crippen LogP contribution in [-0.2, 0) is 4.79 Å². The van der Waals surface area contributed by atoms with Crippen molar-refractivity contribution in [2.45, 2.75) is 38.6 Å². The monoisotopic (exact) mass is 230 g/mol. The standard InChI is InChI=1S/C11H18N2O.ClH/c1-3-6-11(13-9(2)14)7-4-5-10(12)8-11;/h4-5,7H,3,6,8,12H2,1-2H3,(H,13,14);1H. The molecule has 1 aliphatic rings. The summed E-state index contributed by atoms with van der Waals surface area (Å²) in [6, 6.07) is 0. The zero-order valence-electron chi connectivity index (χ0n) is 9.25. The van der Waals surface area contributed by atoms with Gasteiger partial charge in [-0.05, 0) is 12.5 Å². The van der Waals surface area contributed by atoms with Crippen LogP contribution < -0.4 is 11.1 Å². The van der Waals surface area contributed by atoms with Crippen LogP contribution >= 0.6 is 12.4 Å². The van der Waals surface area contributed by atoms with Crippen molar-refractivity contribution in [2.24, 2.45) is 5.73 Å². The number of hydrogen-bond donors (Lipinski definition) is 2. The van der Waals surface area contributed by atoms with Gasteiger partial charge in [-0.15, -0.1) is 12.4 Å². The first-order chi connectivity index (χ1) is 6.58. The van der Waals surface area contributed by atoms with Crippen molar-refractivity contribution in [3.63, 3.8) is 0 Å². The number of amides is 1. The van der Waals surface area contributed by atoms with Crippen LogP contribution in [0.3, 0.4) is 0 Å². The van der Waals surface area contributed by atoms with E-state index in [1.807, 2.05) is 18.2 Å². The minimum Gasteiger partial charge on any atom is -0.402 e. The van der Waals surface area contributed by atoms with Gasteiger partial charge in [0.1, 0.15) is 0 Å². The molecule has 1 rings (SSSR count). The molecule has 4 heteroatoms. The summed E-state index contributed by atoms with van der Waals surface area (Å²) in [5.74, 6) is -0.00204. The Hall–Kier alpha value is -0.960. The highest BCUT2D eigenvalue weighted by molar-refractivity contribution is 5.85. The zero-order valence-corrected chi connectivity index (χ0v) is 10.1. The SMILES string of the molecule is CCCC1(NC(C)=O)C=CC=C(N)C1.Cl. The lowest BCUT2D eigenvalue weighted by Gasteiger charge is -2.33.